The first kappa shape index (κ1) is 12.1. The van der Waals surface area contributed by atoms with E-state index in [1.807, 2.05) is 11.4 Å². The van der Waals surface area contributed by atoms with Crippen molar-refractivity contribution in [2.24, 2.45) is 0 Å². The number of nitrogens with one attached hydrogen (secondary N) is 1. The van der Waals surface area contributed by atoms with Crippen molar-refractivity contribution >= 4 is 23.2 Å². The van der Waals surface area contributed by atoms with E-state index in [0.717, 1.165) is 24.8 Å². The van der Waals surface area contributed by atoms with E-state index in [9.17, 15) is 9.59 Å². The van der Waals surface area contributed by atoms with Crippen LogP contribution in [0, 0.1) is 0 Å². The second kappa shape index (κ2) is 4.87. The summed E-state index contributed by atoms with van der Waals surface area (Å²) in [4.78, 5) is 24.0. The van der Waals surface area contributed by atoms with E-state index in [2.05, 4.69) is 5.32 Å². The molecule has 92 valence electrons. The molecule has 1 aliphatic carbocycles. The van der Waals surface area contributed by atoms with Gasteiger partial charge in [-0.25, -0.2) is 0 Å². The molecule has 5 heteroatoms. The van der Waals surface area contributed by atoms with Crippen LogP contribution >= 0.6 is 11.3 Å². The Hall–Kier alpha value is -1.36. The molecule has 0 fully saturated rings. The number of carboxylic acids is 1. The van der Waals surface area contributed by atoms with Gasteiger partial charge in [-0.1, -0.05) is 0 Å². The third kappa shape index (κ3) is 2.49. The monoisotopic (exact) mass is 253 g/mol. The minimum absolute atomic E-state index is 0.167. The van der Waals surface area contributed by atoms with Crippen LogP contribution < -0.4 is 5.32 Å². The van der Waals surface area contributed by atoms with Crippen LogP contribution in [0.15, 0.2) is 11.4 Å². The first-order valence-corrected chi connectivity index (χ1v) is 6.57. The minimum Gasteiger partial charge on any atom is -0.480 e. The van der Waals surface area contributed by atoms with E-state index in [0.29, 0.717) is 0 Å². The van der Waals surface area contributed by atoms with Crippen LogP contribution in [0.4, 0.5) is 0 Å². The Morgan fingerprint density at radius 1 is 1.59 bits per heavy atom. The third-order valence-corrected chi connectivity index (χ3v) is 4.09. The van der Waals surface area contributed by atoms with Gasteiger partial charge in [-0.3, -0.25) is 9.59 Å². The molecule has 0 saturated carbocycles. The van der Waals surface area contributed by atoms with Crippen molar-refractivity contribution < 1.29 is 14.7 Å². The van der Waals surface area contributed by atoms with Gasteiger partial charge in [0.25, 0.3) is 0 Å². The van der Waals surface area contributed by atoms with Gasteiger partial charge in [-0.15, -0.1) is 11.3 Å². The Labute approximate surface area is 104 Å². The molecule has 0 saturated heterocycles. The molecule has 1 amide bonds. The summed E-state index contributed by atoms with van der Waals surface area (Å²) in [5.74, 6) is -1.34. The van der Waals surface area contributed by atoms with Crippen molar-refractivity contribution in [2.75, 3.05) is 0 Å². The summed E-state index contributed by atoms with van der Waals surface area (Å²) in [6.07, 6.45) is 2.83. The Balaban J connectivity index is 2.09. The van der Waals surface area contributed by atoms with Gasteiger partial charge in [-0.2, -0.15) is 0 Å². The number of aryl methyl sites for hydroxylation is 1. The summed E-state index contributed by atoms with van der Waals surface area (Å²) in [7, 11) is 0. The molecule has 1 heterocycles. The van der Waals surface area contributed by atoms with Gasteiger partial charge in [0.1, 0.15) is 6.04 Å². The number of carbonyl (C=O) groups is 2. The highest BCUT2D eigenvalue weighted by Gasteiger charge is 2.28. The maximum absolute atomic E-state index is 12.0. The van der Waals surface area contributed by atoms with Crippen LogP contribution in [0.5, 0.6) is 0 Å². The zero-order chi connectivity index (χ0) is 12.4. The molecule has 0 aromatic carbocycles. The number of carbonyl (C=O) groups excluding carboxylic acids is 1. The van der Waals surface area contributed by atoms with Crippen molar-refractivity contribution in [3.63, 3.8) is 0 Å². The Bertz CT molecular complexity index is 441. The number of amides is 1. The summed E-state index contributed by atoms with van der Waals surface area (Å²) < 4.78 is 0. The van der Waals surface area contributed by atoms with Crippen molar-refractivity contribution in [1.82, 2.24) is 5.32 Å². The molecular weight excluding hydrogens is 238 g/mol. The standard InChI is InChI=1S/C12H15NO3S/c1-7(12(15)16)13-11(14)9-3-2-4-10-8(9)5-6-17-10/h5-7,9H,2-4H2,1H3,(H,13,14)(H,15,16)/t7-,9?/m0/s1. The van der Waals surface area contributed by atoms with Crippen molar-refractivity contribution in [1.29, 1.82) is 0 Å². The SMILES string of the molecule is C[C@H](NC(=O)C1CCCc2sccc21)C(=O)O. The smallest absolute Gasteiger partial charge is 0.325 e. The number of hydrogen-bond acceptors (Lipinski definition) is 3. The molecule has 0 radical (unpaired) electrons. The van der Waals surface area contributed by atoms with E-state index in [1.54, 1.807) is 11.3 Å². The number of aliphatic carboxylic acids is 1. The quantitative estimate of drug-likeness (QED) is 0.862. The average Bonchev–Trinajstić information content (AvgIpc) is 2.76. The van der Waals surface area contributed by atoms with Crippen molar-refractivity contribution in [3.8, 4) is 0 Å². The number of thiophene rings is 1. The predicted molar refractivity (Wildman–Crippen MR) is 65.2 cm³/mol. The minimum atomic E-state index is -1.00. The van der Waals surface area contributed by atoms with E-state index in [4.69, 9.17) is 5.11 Å². The van der Waals surface area contributed by atoms with Crippen molar-refractivity contribution in [2.45, 2.75) is 38.1 Å². The van der Waals surface area contributed by atoms with Gasteiger partial charge in [0.15, 0.2) is 0 Å². The lowest BCUT2D eigenvalue weighted by molar-refractivity contribution is -0.141. The summed E-state index contributed by atoms with van der Waals surface area (Å²) in [6.45, 7) is 1.48. The lowest BCUT2D eigenvalue weighted by atomic mass is 9.87. The Morgan fingerprint density at radius 3 is 3.06 bits per heavy atom. The second-order valence-electron chi connectivity index (χ2n) is 4.31. The molecule has 0 bridgehead atoms. The van der Waals surface area contributed by atoms with Crippen LogP contribution in [0.3, 0.4) is 0 Å². The van der Waals surface area contributed by atoms with E-state index < -0.39 is 12.0 Å². The van der Waals surface area contributed by atoms with E-state index in [-0.39, 0.29) is 11.8 Å². The number of carboxylic acid groups (broad SMARTS) is 1. The number of rotatable bonds is 3. The van der Waals surface area contributed by atoms with Crippen LogP contribution in [0.2, 0.25) is 0 Å². The molecule has 17 heavy (non-hydrogen) atoms. The first-order valence-electron chi connectivity index (χ1n) is 5.69. The first-order chi connectivity index (χ1) is 8.09. The molecule has 1 aromatic heterocycles. The fraction of sp³-hybridized carbons (Fsp3) is 0.500. The molecule has 1 unspecified atom stereocenters. The van der Waals surface area contributed by atoms with E-state index >= 15 is 0 Å². The van der Waals surface area contributed by atoms with Crippen LogP contribution in [0.1, 0.15) is 36.1 Å². The number of hydrogen-bond donors (Lipinski definition) is 2. The van der Waals surface area contributed by atoms with Gasteiger partial charge in [-0.05, 0) is 43.2 Å². The average molecular weight is 253 g/mol. The van der Waals surface area contributed by atoms with Crippen molar-refractivity contribution in [3.05, 3.63) is 21.9 Å². The third-order valence-electron chi connectivity index (χ3n) is 3.10. The van der Waals surface area contributed by atoms with Crippen LogP contribution in [-0.4, -0.2) is 23.0 Å². The molecule has 0 aliphatic heterocycles. The summed E-state index contributed by atoms with van der Waals surface area (Å²) in [5, 5.41) is 13.3. The summed E-state index contributed by atoms with van der Waals surface area (Å²) >= 11 is 1.68. The largest absolute Gasteiger partial charge is 0.480 e. The Kier molecular flexibility index (Phi) is 3.47. The summed E-state index contributed by atoms with van der Waals surface area (Å²) in [5.41, 5.74) is 1.08. The fourth-order valence-electron chi connectivity index (χ4n) is 2.13. The van der Waals surface area contributed by atoms with Gasteiger partial charge in [0.2, 0.25) is 5.91 Å². The predicted octanol–water partition coefficient (Wildman–Crippen LogP) is 1.76. The van der Waals surface area contributed by atoms with Crippen LogP contribution in [-0.2, 0) is 16.0 Å². The topological polar surface area (TPSA) is 66.4 Å². The Morgan fingerprint density at radius 2 is 2.35 bits per heavy atom. The lowest BCUT2D eigenvalue weighted by Gasteiger charge is -2.22. The fourth-order valence-corrected chi connectivity index (χ4v) is 3.12. The van der Waals surface area contributed by atoms with E-state index in [1.165, 1.54) is 11.8 Å². The van der Waals surface area contributed by atoms with Gasteiger partial charge < -0.3 is 10.4 Å². The zero-order valence-electron chi connectivity index (χ0n) is 9.60. The maximum atomic E-state index is 12.0. The highest BCUT2D eigenvalue weighted by Crippen LogP contribution is 2.34. The maximum Gasteiger partial charge on any atom is 0.325 e. The molecule has 1 aromatic rings. The molecule has 2 N–H and O–H groups in total. The summed E-state index contributed by atoms with van der Waals surface area (Å²) in [6, 6.07) is 1.15. The molecular formula is C12H15NO3S. The van der Waals surface area contributed by atoms with Gasteiger partial charge in [0, 0.05) is 4.88 Å². The van der Waals surface area contributed by atoms with Gasteiger partial charge >= 0.3 is 5.97 Å². The number of fused-ring (bicyclic) bond motifs is 1. The van der Waals surface area contributed by atoms with Gasteiger partial charge in [0.05, 0.1) is 5.92 Å². The highest BCUT2D eigenvalue weighted by molar-refractivity contribution is 7.10. The molecule has 0 spiro atoms. The zero-order valence-corrected chi connectivity index (χ0v) is 10.4. The lowest BCUT2D eigenvalue weighted by Crippen LogP contribution is -2.41. The molecule has 4 nitrogen and oxygen atoms in total. The molecule has 2 rings (SSSR count). The second-order valence-corrected chi connectivity index (χ2v) is 5.31. The molecule has 1 aliphatic rings. The normalized spacial score (nSPS) is 20.4. The highest BCUT2D eigenvalue weighted by atomic mass is 32.1. The molecule has 2 atom stereocenters. The van der Waals surface area contributed by atoms with Crippen LogP contribution in [0.25, 0.3) is 0 Å².